The smallest absolute Gasteiger partial charge is 0.261 e. The van der Waals surface area contributed by atoms with Gasteiger partial charge in [-0.05, 0) is 72.8 Å². The first-order valence-corrected chi connectivity index (χ1v) is 13.5. The Kier molecular flexibility index (Phi) is 7.40. The average molecular weight is 556 g/mol. The van der Waals surface area contributed by atoms with Gasteiger partial charge in [0.15, 0.2) is 0 Å². The Bertz CT molecular complexity index is 1350. The first kappa shape index (κ1) is 24.7. The molecule has 0 atom stereocenters. The zero-order valence-corrected chi connectivity index (χ0v) is 20.4. The molecule has 3 aromatic rings. The number of anilines is 3. The highest BCUT2D eigenvalue weighted by molar-refractivity contribution is 9.10. The summed E-state index contributed by atoms with van der Waals surface area (Å²) in [5.41, 5.74) is 0.803. The minimum Gasteiger partial charge on any atom is -0.325 e. The van der Waals surface area contributed by atoms with E-state index in [-0.39, 0.29) is 16.3 Å². The molecule has 0 saturated carbocycles. The Balaban J connectivity index is 1.70. The molecule has 0 fully saturated rings. The quantitative estimate of drug-likeness (QED) is 0.439. The fraction of sp³-hybridized carbons (Fsp3) is 0.0952. The lowest BCUT2D eigenvalue weighted by atomic mass is 10.3. The molecule has 0 unspecified atom stereocenters. The third-order valence-corrected chi connectivity index (χ3v) is 7.41. The van der Waals surface area contributed by atoms with E-state index in [1.54, 1.807) is 24.3 Å². The molecule has 0 aliphatic rings. The summed E-state index contributed by atoms with van der Waals surface area (Å²) in [4.78, 5) is 12.4. The summed E-state index contributed by atoms with van der Waals surface area (Å²) in [6.07, 6.45) is 0.996. The predicted octanol–water partition coefficient (Wildman–Crippen LogP) is 3.79. The van der Waals surface area contributed by atoms with E-state index in [2.05, 4.69) is 26.0 Å². The number of hydrogen-bond donors (Lipinski definition) is 2. The predicted molar refractivity (Wildman–Crippen MR) is 129 cm³/mol. The molecule has 3 aromatic carbocycles. The summed E-state index contributed by atoms with van der Waals surface area (Å²) in [7, 11) is -7.66. The van der Waals surface area contributed by atoms with Crippen LogP contribution in [0.5, 0.6) is 0 Å². The SMILES string of the molecule is CS(=O)(=O)N(CC(=O)Nc1ccc(S(=O)(=O)Nc2ccc(F)cc2)cc1)c1ccc(Br)cc1. The third-order valence-electron chi connectivity index (χ3n) is 4.35. The fourth-order valence-corrected chi connectivity index (χ4v) is 4.97. The largest absolute Gasteiger partial charge is 0.325 e. The molecule has 3 rings (SSSR count). The molecule has 0 aliphatic heterocycles. The van der Waals surface area contributed by atoms with Crippen LogP contribution in [0.25, 0.3) is 0 Å². The highest BCUT2D eigenvalue weighted by atomic mass is 79.9. The van der Waals surface area contributed by atoms with Crippen LogP contribution in [0.3, 0.4) is 0 Å². The summed E-state index contributed by atoms with van der Waals surface area (Å²) in [5.74, 6) is -1.10. The highest BCUT2D eigenvalue weighted by Gasteiger charge is 2.21. The molecule has 0 spiro atoms. The molecule has 0 saturated heterocycles. The monoisotopic (exact) mass is 555 g/mol. The van der Waals surface area contributed by atoms with Crippen LogP contribution in [-0.4, -0.2) is 35.5 Å². The van der Waals surface area contributed by atoms with Crippen molar-refractivity contribution in [2.45, 2.75) is 4.90 Å². The minimum absolute atomic E-state index is 0.0718. The number of carbonyl (C=O) groups excluding carboxylic acids is 1. The number of benzene rings is 3. The van der Waals surface area contributed by atoms with Crippen molar-refractivity contribution in [3.05, 3.63) is 83.1 Å². The van der Waals surface area contributed by atoms with Crippen LogP contribution in [0.15, 0.2) is 82.2 Å². The minimum atomic E-state index is -3.93. The van der Waals surface area contributed by atoms with E-state index in [9.17, 15) is 26.0 Å². The van der Waals surface area contributed by atoms with Gasteiger partial charge in [0.1, 0.15) is 12.4 Å². The van der Waals surface area contributed by atoms with Gasteiger partial charge in [0.05, 0.1) is 16.8 Å². The van der Waals surface area contributed by atoms with Gasteiger partial charge in [-0.1, -0.05) is 15.9 Å². The standard InChI is InChI=1S/C21H19BrFN3O5S2/c1-32(28,29)26(19-10-2-15(22)3-11-19)14-21(27)24-17-8-12-20(13-9-17)33(30,31)25-18-6-4-16(23)5-7-18/h2-13,25H,14H2,1H3,(H,24,27). The van der Waals surface area contributed by atoms with Crippen molar-refractivity contribution in [2.75, 3.05) is 27.1 Å². The number of nitrogens with one attached hydrogen (secondary N) is 2. The van der Waals surface area contributed by atoms with Crippen molar-refractivity contribution >= 4 is 58.9 Å². The van der Waals surface area contributed by atoms with E-state index in [4.69, 9.17) is 0 Å². The number of carbonyl (C=O) groups is 1. The van der Waals surface area contributed by atoms with Gasteiger partial charge in [-0.15, -0.1) is 0 Å². The first-order valence-electron chi connectivity index (χ1n) is 9.36. The molecule has 0 aliphatic carbocycles. The van der Waals surface area contributed by atoms with Crippen molar-refractivity contribution in [1.29, 1.82) is 0 Å². The van der Waals surface area contributed by atoms with Crippen molar-refractivity contribution < 1.29 is 26.0 Å². The maximum Gasteiger partial charge on any atom is 0.261 e. The Morgan fingerprint density at radius 3 is 1.97 bits per heavy atom. The molecule has 1 amide bonds. The third kappa shape index (κ3) is 6.76. The lowest BCUT2D eigenvalue weighted by Crippen LogP contribution is -2.37. The van der Waals surface area contributed by atoms with Gasteiger partial charge >= 0.3 is 0 Å². The summed E-state index contributed by atoms with van der Waals surface area (Å²) in [6.45, 7) is -0.466. The molecule has 0 bridgehead atoms. The normalized spacial score (nSPS) is 11.6. The van der Waals surface area contributed by atoms with Gasteiger partial charge in [-0.25, -0.2) is 21.2 Å². The molecule has 174 valence electrons. The van der Waals surface area contributed by atoms with E-state index in [0.29, 0.717) is 5.69 Å². The molecule has 0 heterocycles. The maximum atomic E-state index is 13.0. The molecule has 0 aromatic heterocycles. The fourth-order valence-electron chi connectivity index (χ4n) is 2.79. The Labute approximate surface area is 199 Å². The van der Waals surface area contributed by atoms with E-state index < -0.39 is 38.3 Å². The van der Waals surface area contributed by atoms with Crippen molar-refractivity contribution in [2.24, 2.45) is 0 Å². The van der Waals surface area contributed by atoms with Crippen LogP contribution in [0.2, 0.25) is 0 Å². The molecule has 0 radical (unpaired) electrons. The summed E-state index contributed by atoms with van der Waals surface area (Å²) in [6, 6.07) is 16.6. The topological polar surface area (TPSA) is 113 Å². The molecular weight excluding hydrogens is 537 g/mol. The lowest BCUT2D eigenvalue weighted by molar-refractivity contribution is -0.114. The van der Waals surface area contributed by atoms with Crippen LogP contribution < -0.4 is 14.3 Å². The lowest BCUT2D eigenvalue weighted by Gasteiger charge is -2.22. The van der Waals surface area contributed by atoms with Crippen LogP contribution >= 0.6 is 15.9 Å². The number of hydrogen-bond acceptors (Lipinski definition) is 5. The second-order valence-corrected chi connectivity index (χ2v) is 11.4. The summed E-state index contributed by atoms with van der Waals surface area (Å²) in [5, 5.41) is 2.55. The van der Waals surface area contributed by atoms with Gasteiger partial charge in [0.2, 0.25) is 15.9 Å². The van der Waals surface area contributed by atoms with Crippen molar-refractivity contribution in [3.63, 3.8) is 0 Å². The van der Waals surface area contributed by atoms with Gasteiger partial charge in [-0.2, -0.15) is 0 Å². The van der Waals surface area contributed by atoms with Crippen molar-refractivity contribution in [1.82, 2.24) is 0 Å². The number of halogens is 2. The highest BCUT2D eigenvalue weighted by Crippen LogP contribution is 2.22. The van der Waals surface area contributed by atoms with Gasteiger partial charge in [-0.3, -0.25) is 13.8 Å². The van der Waals surface area contributed by atoms with Crippen LogP contribution in [0.1, 0.15) is 0 Å². The van der Waals surface area contributed by atoms with Crippen LogP contribution in [-0.2, 0) is 24.8 Å². The number of nitrogens with zero attached hydrogens (tertiary/aromatic N) is 1. The van der Waals surface area contributed by atoms with Gasteiger partial charge in [0, 0.05) is 15.8 Å². The molecule has 8 nitrogen and oxygen atoms in total. The molecule has 12 heteroatoms. The van der Waals surface area contributed by atoms with E-state index >= 15 is 0 Å². The molecule has 33 heavy (non-hydrogen) atoms. The van der Waals surface area contributed by atoms with E-state index in [1.165, 1.54) is 36.4 Å². The van der Waals surface area contributed by atoms with Gasteiger partial charge in [0.25, 0.3) is 10.0 Å². The number of amides is 1. The zero-order valence-electron chi connectivity index (χ0n) is 17.2. The number of sulfonamides is 2. The summed E-state index contributed by atoms with van der Waals surface area (Å²) < 4.78 is 66.4. The second kappa shape index (κ2) is 9.89. The van der Waals surface area contributed by atoms with E-state index in [1.807, 2.05) is 0 Å². The first-order chi connectivity index (χ1) is 15.4. The molecule has 2 N–H and O–H groups in total. The molecular formula is C21H19BrFN3O5S2. The summed E-state index contributed by atoms with van der Waals surface area (Å²) >= 11 is 3.27. The second-order valence-electron chi connectivity index (χ2n) is 6.93. The Morgan fingerprint density at radius 1 is 0.879 bits per heavy atom. The van der Waals surface area contributed by atoms with Crippen LogP contribution in [0.4, 0.5) is 21.5 Å². The maximum absolute atomic E-state index is 13.0. The zero-order chi connectivity index (χ0) is 24.2. The van der Waals surface area contributed by atoms with Gasteiger partial charge < -0.3 is 5.32 Å². The average Bonchev–Trinajstić information content (AvgIpc) is 2.74. The van der Waals surface area contributed by atoms with Crippen molar-refractivity contribution in [3.8, 4) is 0 Å². The Morgan fingerprint density at radius 2 is 1.42 bits per heavy atom. The Hall–Kier alpha value is -2.96. The number of rotatable bonds is 8. The van der Waals surface area contributed by atoms with E-state index in [0.717, 1.165) is 27.2 Å². The van der Waals surface area contributed by atoms with Crippen LogP contribution in [0, 0.1) is 5.82 Å².